The molecule has 162 valence electrons. The zero-order chi connectivity index (χ0) is 20.0. The number of hydrogen-bond acceptors (Lipinski definition) is 3. The molecule has 3 heterocycles. The van der Waals surface area contributed by atoms with Gasteiger partial charge in [-0.25, -0.2) is 0 Å². The molecule has 3 heteroatoms. The molecule has 4 fully saturated rings. The van der Waals surface area contributed by atoms with E-state index in [1.54, 1.807) is 0 Å². The zero-order valence-corrected chi connectivity index (χ0v) is 19.6. The SMILES string of the molecule is CC(C)N1CCC2(CC1)CC(CN1CCC3(CC1)CCN(C(C)(C)C)CC3)C2. The molecule has 4 aliphatic rings. The third-order valence-corrected chi connectivity index (χ3v) is 9.24. The van der Waals surface area contributed by atoms with Crippen molar-refractivity contribution in [2.45, 2.75) is 97.6 Å². The van der Waals surface area contributed by atoms with Crippen molar-refractivity contribution in [1.82, 2.24) is 14.7 Å². The van der Waals surface area contributed by atoms with E-state index in [1.165, 1.54) is 97.2 Å². The van der Waals surface area contributed by atoms with E-state index < -0.39 is 0 Å². The summed E-state index contributed by atoms with van der Waals surface area (Å²) in [4.78, 5) is 8.23. The van der Waals surface area contributed by atoms with Gasteiger partial charge in [0.2, 0.25) is 0 Å². The highest BCUT2D eigenvalue weighted by Gasteiger charge is 2.47. The Bertz CT molecular complexity index is 500. The maximum absolute atomic E-state index is 2.84. The molecule has 0 bridgehead atoms. The molecule has 28 heavy (non-hydrogen) atoms. The largest absolute Gasteiger partial charge is 0.303 e. The van der Waals surface area contributed by atoms with Crippen LogP contribution in [0.2, 0.25) is 0 Å². The first kappa shape index (κ1) is 21.1. The Morgan fingerprint density at radius 2 is 1.25 bits per heavy atom. The van der Waals surface area contributed by atoms with Crippen molar-refractivity contribution in [2.75, 3.05) is 45.8 Å². The molecule has 1 aliphatic carbocycles. The lowest BCUT2D eigenvalue weighted by Crippen LogP contribution is -2.53. The molecule has 1 saturated carbocycles. The van der Waals surface area contributed by atoms with Crippen molar-refractivity contribution >= 4 is 0 Å². The molecule has 3 aliphatic heterocycles. The van der Waals surface area contributed by atoms with Crippen LogP contribution in [0, 0.1) is 16.7 Å². The molecule has 0 amide bonds. The Morgan fingerprint density at radius 3 is 1.75 bits per heavy atom. The Morgan fingerprint density at radius 1 is 0.750 bits per heavy atom. The molecule has 0 aromatic carbocycles. The van der Waals surface area contributed by atoms with Crippen LogP contribution in [0.3, 0.4) is 0 Å². The smallest absolute Gasteiger partial charge is 0.0125 e. The second kappa shape index (κ2) is 7.85. The second-order valence-corrected chi connectivity index (χ2v) is 12.4. The number of hydrogen-bond donors (Lipinski definition) is 0. The molecule has 3 nitrogen and oxygen atoms in total. The van der Waals surface area contributed by atoms with Gasteiger partial charge in [-0.05, 0) is 142 Å². The van der Waals surface area contributed by atoms with E-state index in [0.29, 0.717) is 11.0 Å². The lowest BCUT2D eigenvalue weighted by molar-refractivity contribution is -0.0446. The van der Waals surface area contributed by atoms with Crippen LogP contribution < -0.4 is 0 Å². The minimum atomic E-state index is 0.355. The third kappa shape index (κ3) is 4.47. The predicted molar refractivity (Wildman–Crippen MR) is 120 cm³/mol. The topological polar surface area (TPSA) is 9.72 Å². The second-order valence-electron chi connectivity index (χ2n) is 12.4. The average Bonchev–Trinajstić information content (AvgIpc) is 2.62. The summed E-state index contributed by atoms with van der Waals surface area (Å²) >= 11 is 0. The number of likely N-dealkylation sites (tertiary alicyclic amines) is 3. The fourth-order valence-corrected chi connectivity index (χ4v) is 6.94. The summed E-state index contributed by atoms with van der Waals surface area (Å²) < 4.78 is 0. The van der Waals surface area contributed by atoms with Crippen molar-refractivity contribution in [2.24, 2.45) is 16.7 Å². The van der Waals surface area contributed by atoms with Gasteiger partial charge < -0.3 is 9.80 Å². The van der Waals surface area contributed by atoms with Crippen molar-refractivity contribution < 1.29 is 0 Å². The zero-order valence-electron chi connectivity index (χ0n) is 19.6. The molecule has 0 atom stereocenters. The molecule has 0 N–H and O–H groups in total. The van der Waals surface area contributed by atoms with Crippen LogP contribution in [0.5, 0.6) is 0 Å². The van der Waals surface area contributed by atoms with Gasteiger partial charge in [0.15, 0.2) is 0 Å². The van der Waals surface area contributed by atoms with Crippen molar-refractivity contribution in [3.63, 3.8) is 0 Å². The Hall–Kier alpha value is -0.120. The highest BCUT2D eigenvalue weighted by molar-refractivity contribution is 4.99. The molecule has 4 rings (SSSR count). The van der Waals surface area contributed by atoms with Gasteiger partial charge in [-0.15, -0.1) is 0 Å². The monoisotopic (exact) mass is 389 g/mol. The number of piperidine rings is 3. The van der Waals surface area contributed by atoms with E-state index in [1.807, 2.05) is 0 Å². The van der Waals surface area contributed by atoms with Crippen LogP contribution in [0.25, 0.3) is 0 Å². The van der Waals surface area contributed by atoms with Gasteiger partial charge in [0.1, 0.15) is 0 Å². The molecular weight excluding hydrogens is 342 g/mol. The van der Waals surface area contributed by atoms with Crippen molar-refractivity contribution in [1.29, 1.82) is 0 Å². The van der Waals surface area contributed by atoms with E-state index in [2.05, 4.69) is 49.3 Å². The van der Waals surface area contributed by atoms with Gasteiger partial charge in [0, 0.05) is 18.1 Å². The maximum atomic E-state index is 2.84. The van der Waals surface area contributed by atoms with Crippen LogP contribution >= 0.6 is 0 Å². The third-order valence-electron chi connectivity index (χ3n) is 9.24. The first-order chi connectivity index (χ1) is 13.2. The lowest BCUT2D eigenvalue weighted by Gasteiger charge is -2.55. The Balaban J connectivity index is 1.17. The van der Waals surface area contributed by atoms with E-state index in [0.717, 1.165) is 17.4 Å². The molecule has 0 radical (unpaired) electrons. The van der Waals surface area contributed by atoms with E-state index in [9.17, 15) is 0 Å². The van der Waals surface area contributed by atoms with Crippen LogP contribution in [-0.4, -0.2) is 72.1 Å². The summed E-state index contributed by atoms with van der Waals surface area (Å²) in [6.45, 7) is 21.4. The quantitative estimate of drug-likeness (QED) is 0.682. The summed E-state index contributed by atoms with van der Waals surface area (Å²) in [5, 5.41) is 0. The lowest BCUT2D eigenvalue weighted by atomic mass is 9.57. The van der Waals surface area contributed by atoms with E-state index in [-0.39, 0.29) is 0 Å². The molecule has 0 unspecified atom stereocenters. The highest BCUT2D eigenvalue weighted by Crippen LogP contribution is 2.53. The Kier molecular flexibility index (Phi) is 5.92. The molecule has 0 aromatic rings. The Labute approximate surface area is 175 Å². The van der Waals surface area contributed by atoms with Gasteiger partial charge >= 0.3 is 0 Å². The van der Waals surface area contributed by atoms with Crippen LogP contribution in [0.4, 0.5) is 0 Å². The van der Waals surface area contributed by atoms with Crippen LogP contribution in [-0.2, 0) is 0 Å². The normalized spacial score (nSPS) is 30.2. The molecule has 3 saturated heterocycles. The summed E-state index contributed by atoms with van der Waals surface area (Å²) in [6, 6.07) is 0.740. The molecule has 2 spiro atoms. The molecule has 0 aromatic heterocycles. The van der Waals surface area contributed by atoms with Crippen molar-refractivity contribution in [3.05, 3.63) is 0 Å². The van der Waals surface area contributed by atoms with E-state index >= 15 is 0 Å². The average molecular weight is 390 g/mol. The predicted octanol–water partition coefficient (Wildman–Crippen LogP) is 4.86. The summed E-state index contributed by atoms with van der Waals surface area (Å²) in [5.41, 5.74) is 1.78. The van der Waals surface area contributed by atoms with Gasteiger partial charge in [0.05, 0.1) is 0 Å². The first-order valence-electron chi connectivity index (χ1n) is 12.4. The standard InChI is InChI=1S/C25H47N3/c1-21(2)27-14-8-25(9-15-27)18-22(19-25)20-26-12-6-24(7-13-26)10-16-28(17-11-24)23(3,4)5/h21-22H,6-20H2,1-5H3. The molecular formula is C25H47N3. The van der Waals surface area contributed by atoms with Gasteiger partial charge in [-0.2, -0.15) is 0 Å². The minimum Gasteiger partial charge on any atom is -0.303 e. The van der Waals surface area contributed by atoms with Crippen LogP contribution in [0.1, 0.15) is 86.0 Å². The number of rotatable bonds is 3. The fourth-order valence-electron chi connectivity index (χ4n) is 6.94. The van der Waals surface area contributed by atoms with Crippen molar-refractivity contribution in [3.8, 4) is 0 Å². The summed E-state index contributed by atoms with van der Waals surface area (Å²) in [6.07, 6.45) is 11.8. The van der Waals surface area contributed by atoms with Crippen LogP contribution in [0.15, 0.2) is 0 Å². The fraction of sp³-hybridized carbons (Fsp3) is 1.00. The van der Waals surface area contributed by atoms with Gasteiger partial charge in [0.25, 0.3) is 0 Å². The first-order valence-corrected chi connectivity index (χ1v) is 12.4. The minimum absolute atomic E-state index is 0.355. The number of nitrogens with zero attached hydrogens (tertiary/aromatic N) is 3. The maximum Gasteiger partial charge on any atom is 0.0125 e. The van der Waals surface area contributed by atoms with Gasteiger partial charge in [-0.1, -0.05) is 0 Å². The van der Waals surface area contributed by atoms with E-state index in [4.69, 9.17) is 0 Å². The summed E-state index contributed by atoms with van der Waals surface area (Å²) in [7, 11) is 0. The van der Waals surface area contributed by atoms with Gasteiger partial charge in [-0.3, -0.25) is 4.90 Å². The highest BCUT2D eigenvalue weighted by atomic mass is 15.2. The summed E-state index contributed by atoms with van der Waals surface area (Å²) in [5.74, 6) is 1.00.